The Morgan fingerprint density at radius 3 is 2.62 bits per heavy atom. The van der Waals surface area contributed by atoms with E-state index in [2.05, 4.69) is 12.2 Å². The van der Waals surface area contributed by atoms with Gasteiger partial charge in [0.2, 0.25) is 0 Å². The van der Waals surface area contributed by atoms with Crippen molar-refractivity contribution in [3.63, 3.8) is 0 Å². The quantitative estimate of drug-likeness (QED) is 0.642. The Hall–Kier alpha value is -1.26. The van der Waals surface area contributed by atoms with Gasteiger partial charge in [-0.25, -0.2) is 4.79 Å². The van der Waals surface area contributed by atoms with E-state index in [1.54, 1.807) is 4.90 Å². The number of hydrogen-bond donors (Lipinski definition) is 2. The summed E-state index contributed by atoms with van der Waals surface area (Å²) in [6.07, 6.45) is 9.26. The molecule has 0 saturated carbocycles. The molecule has 1 atom stereocenters. The molecule has 1 fully saturated rings. The molecular formula is C16H30N2O3. The minimum atomic E-state index is -0.769. The summed E-state index contributed by atoms with van der Waals surface area (Å²) < 4.78 is 0. The number of carboxylic acids is 1. The van der Waals surface area contributed by atoms with Gasteiger partial charge in [-0.1, -0.05) is 39.0 Å². The van der Waals surface area contributed by atoms with Crippen LogP contribution in [0.4, 0.5) is 4.79 Å². The van der Waals surface area contributed by atoms with Crippen LogP contribution in [0, 0.1) is 5.92 Å². The number of aliphatic carboxylic acids is 1. The summed E-state index contributed by atoms with van der Waals surface area (Å²) in [6, 6.07) is -0.0290. The third kappa shape index (κ3) is 7.93. The zero-order chi connectivity index (χ0) is 15.5. The van der Waals surface area contributed by atoms with E-state index in [4.69, 9.17) is 5.11 Å². The van der Waals surface area contributed by atoms with Crippen molar-refractivity contribution >= 4 is 12.0 Å². The molecule has 5 nitrogen and oxygen atoms in total. The average molecular weight is 298 g/mol. The van der Waals surface area contributed by atoms with E-state index in [0.29, 0.717) is 6.54 Å². The minimum Gasteiger partial charge on any atom is -0.481 e. The Balaban J connectivity index is 2.12. The van der Waals surface area contributed by atoms with Crippen molar-refractivity contribution in [3.05, 3.63) is 0 Å². The van der Waals surface area contributed by atoms with Gasteiger partial charge < -0.3 is 15.3 Å². The topological polar surface area (TPSA) is 69.6 Å². The van der Waals surface area contributed by atoms with Crippen LogP contribution in [-0.2, 0) is 4.79 Å². The lowest BCUT2D eigenvalue weighted by atomic mass is 9.95. The van der Waals surface area contributed by atoms with E-state index in [-0.39, 0.29) is 18.4 Å². The highest BCUT2D eigenvalue weighted by Gasteiger charge is 2.24. The Morgan fingerprint density at radius 2 is 1.90 bits per heavy atom. The summed E-state index contributed by atoms with van der Waals surface area (Å²) in [5.41, 5.74) is 0. The Kier molecular flexibility index (Phi) is 8.87. The van der Waals surface area contributed by atoms with Crippen molar-refractivity contribution in [3.8, 4) is 0 Å². The number of amides is 2. The monoisotopic (exact) mass is 298 g/mol. The molecule has 0 spiro atoms. The number of urea groups is 1. The number of likely N-dealkylation sites (tertiary alicyclic amines) is 1. The summed E-state index contributed by atoms with van der Waals surface area (Å²) in [6.45, 7) is 4.26. The number of carbonyl (C=O) groups is 2. The van der Waals surface area contributed by atoms with Gasteiger partial charge in [-0.15, -0.1) is 0 Å². The largest absolute Gasteiger partial charge is 0.481 e. The molecule has 2 amide bonds. The number of nitrogens with zero attached hydrogens (tertiary/aromatic N) is 1. The molecule has 0 aromatic heterocycles. The summed E-state index contributed by atoms with van der Waals surface area (Å²) in [7, 11) is 0. The molecule has 0 aliphatic carbocycles. The first-order valence-corrected chi connectivity index (χ1v) is 8.38. The van der Waals surface area contributed by atoms with Crippen molar-refractivity contribution in [2.24, 2.45) is 5.92 Å². The van der Waals surface area contributed by atoms with Crippen LogP contribution in [0.5, 0.6) is 0 Å². The van der Waals surface area contributed by atoms with Crippen LogP contribution in [0.15, 0.2) is 0 Å². The highest BCUT2D eigenvalue weighted by atomic mass is 16.4. The van der Waals surface area contributed by atoms with Crippen molar-refractivity contribution < 1.29 is 14.7 Å². The van der Waals surface area contributed by atoms with Crippen LogP contribution in [0.3, 0.4) is 0 Å². The molecule has 1 unspecified atom stereocenters. The first-order chi connectivity index (χ1) is 10.1. The highest BCUT2D eigenvalue weighted by Crippen LogP contribution is 2.19. The summed E-state index contributed by atoms with van der Waals surface area (Å²) in [5, 5.41) is 11.8. The van der Waals surface area contributed by atoms with Crippen LogP contribution in [0.25, 0.3) is 0 Å². The van der Waals surface area contributed by atoms with Crippen molar-refractivity contribution in [1.29, 1.82) is 0 Å². The fourth-order valence-electron chi connectivity index (χ4n) is 2.88. The second kappa shape index (κ2) is 10.5. The number of unbranched alkanes of at least 4 members (excludes halogenated alkanes) is 5. The van der Waals surface area contributed by atoms with Crippen molar-refractivity contribution in [2.75, 3.05) is 19.6 Å². The maximum Gasteiger partial charge on any atom is 0.317 e. The highest BCUT2D eigenvalue weighted by molar-refractivity contribution is 5.74. The number of piperidine rings is 1. The zero-order valence-corrected chi connectivity index (χ0v) is 13.3. The Bertz CT molecular complexity index is 321. The van der Waals surface area contributed by atoms with Gasteiger partial charge in [-0.2, -0.15) is 0 Å². The van der Waals surface area contributed by atoms with Crippen LogP contribution in [-0.4, -0.2) is 41.6 Å². The van der Waals surface area contributed by atoms with Crippen molar-refractivity contribution in [2.45, 2.75) is 64.7 Å². The lowest BCUT2D eigenvalue weighted by Gasteiger charge is -2.32. The van der Waals surface area contributed by atoms with E-state index in [1.165, 1.54) is 32.1 Å². The van der Waals surface area contributed by atoms with E-state index in [1.807, 2.05) is 0 Å². The SMILES string of the molecule is CCCCCCCCNC(=O)N1CCCC(CC(=O)O)C1. The average Bonchev–Trinajstić information content (AvgIpc) is 2.45. The van der Waals surface area contributed by atoms with Gasteiger partial charge in [0.15, 0.2) is 0 Å². The Labute approximate surface area is 128 Å². The second-order valence-corrected chi connectivity index (χ2v) is 6.05. The molecule has 5 heteroatoms. The van der Waals surface area contributed by atoms with E-state index in [9.17, 15) is 9.59 Å². The van der Waals surface area contributed by atoms with Gasteiger partial charge in [-0.3, -0.25) is 4.79 Å². The van der Waals surface area contributed by atoms with Gasteiger partial charge in [0.25, 0.3) is 0 Å². The zero-order valence-electron chi connectivity index (χ0n) is 13.3. The molecule has 1 aliphatic heterocycles. The van der Waals surface area contributed by atoms with Gasteiger partial charge in [-0.05, 0) is 25.2 Å². The lowest BCUT2D eigenvalue weighted by molar-refractivity contribution is -0.138. The molecular weight excluding hydrogens is 268 g/mol. The Morgan fingerprint density at radius 1 is 1.19 bits per heavy atom. The predicted molar refractivity (Wildman–Crippen MR) is 83.3 cm³/mol. The molecule has 0 bridgehead atoms. The summed E-state index contributed by atoms with van der Waals surface area (Å²) in [4.78, 5) is 24.5. The number of carboxylic acid groups (broad SMARTS) is 1. The number of carbonyl (C=O) groups excluding carboxylic acids is 1. The van der Waals surface area contributed by atoms with E-state index >= 15 is 0 Å². The third-order valence-corrected chi connectivity index (χ3v) is 4.08. The third-order valence-electron chi connectivity index (χ3n) is 4.08. The summed E-state index contributed by atoms with van der Waals surface area (Å²) in [5.74, 6) is -0.662. The fraction of sp³-hybridized carbons (Fsp3) is 0.875. The predicted octanol–water partition coefficient (Wildman–Crippen LogP) is 3.24. The molecule has 1 saturated heterocycles. The summed E-state index contributed by atoms with van der Waals surface area (Å²) >= 11 is 0. The molecule has 0 radical (unpaired) electrons. The normalized spacial score (nSPS) is 18.5. The maximum atomic E-state index is 12.0. The molecule has 0 aromatic carbocycles. The first-order valence-electron chi connectivity index (χ1n) is 8.38. The number of rotatable bonds is 9. The van der Waals surface area contributed by atoms with Crippen LogP contribution >= 0.6 is 0 Å². The molecule has 0 aromatic rings. The van der Waals surface area contributed by atoms with E-state index < -0.39 is 5.97 Å². The standard InChI is InChI=1S/C16H30N2O3/c1-2-3-4-5-6-7-10-17-16(21)18-11-8-9-14(13-18)12-15(19)20/h14H,2-13H2,1H3,(H,17,21)(H,19,20). The van der Waals surface area contributed by atoms with Crippen molar-refractivity contribution in [1.82, 2.24) is 10.2 Å². The van der Waals surface area contributed by atoms with E-state index in [0.717, 1.165) is 32.4 Å². The molecule has 1 aliphatic rings. The van der Waals surface area contributed by atoms with Gasteiger partial charge in [0.1, 0.15) is 0 Å². The maximum absolute atomic E-state index is 12.0. The van der Waals surface area contributed by atoms with Gasteiger partial charge in [0, 0.05) is 26.1 Å². The molecule has 122 valence electrons. The number of nitrogens with one attached hydrogen (secondary N) is 1. The van der Waals surface area contributed by atoms with Crippen LogP contribution in [0.2, 0.25) is 0 Å². The van der Waals surface area contributed by atoms with Gasteiger partial charge in [0.05, 0.1) is 0 Å². The minimum absolute atomic E-state index is 0.0290. The second-order valence-electron chi connectivity index (χ2n) is 6.05. The first kappa shape index (κ1) is 17.8. The van der Waals surface area contributed by atoms with Gasteiger partial charge >= 0.3 is 12.0 Å². The molecule has 1 heterocycles. The molecule has 21 heavy (non-hydrogen) atoms. The number of hydrogen-bond acceptors (Lipinski definition) is 2. The lowest BCUT2D eigenvalue weighted by Crippen LogP contribution is -2.46. The van der Waals surface area contributed by atoms with Crippen LogP contribution in [0.1, 0.15) is 64.7 Å². The molecule has 1 rings (SSSR count). The van der Waals surface area contributed by atoms with Crippen LogP contribution < -0.4 is 5.32 Å². The smallest absolute Gasteiger partial charge is 0.317 e. The molecule has 2 N–H and O–H groups in total. The fourth-order valence-corrected chi connectivity index (χ4v) is 2.88.